The number of carbonyl (C=O) groups excluding carboxylic acids is 1. The number of halogens is 4. The minimum Gasteiger partial charge on any atom is -0.480 e. The highest BCUT2D eigenvalue weighted by Gasteiger charge is 2.36. The zero-order valence-electron chi connectivity index (χ0n) is 11.0. The smallest absolute Gasteiger partial charge is 0.417 e. The first-order chi connectivity index (χ1) is 9.66. The maximum Gasteiger partial charge on any atom is 0.417 e. The summed E-state index contributed by atoms with van der Waals surface area (Å²) in [6.07, 6.45) is -4.09. The van der Waals surface area contributed by atoms with Gasteiger partial charge in [-0.25, -0.2) is 4.79 Å². The van der Waals surface area contributed by atoms with Gasteiger partial charge in [0, 0.05) is 4.47 Å². The maximum atomic E-state index is 12.9. The Morgan fingerprint density at radius 3 is 2.48 bits per heavy atom. The van der Waals surface area contributed by atoms with Gasteiger partial charge in [-0.3, -0.25) is 4.79 Å². The van der Waals surface area contributed by atoms with E-state index >= 15 is 0 Å². The van der Waals surface area contributed by atoms with Crippen molar-refractivity contribution in [2.24, 2.45) is 0 Å². The number of nitrogens with one attached hydrogen (secondary N) is 1. The molecule has 0 aliphatic heterocycles. The molecule has 1 amide bonds. The summed E-state index contributed by atoms with van der Waals surface area (Å²) in [6, 6.07) is 1.87. The summed E-state index contributed by atoms with van der Waals surface area (Å²) in [4.78, 5) is 22.9. The Balaban J connectivity index is 3.10. The number of carboxylic acid groups (broad SMARTS) is 1. The molecule has 116 valence electrons. The third-order valence-corrected chi connectivity index (χ3v) is 3.21. The van der Waals surface area contributed by atoms with E-state index in [1.165, 1.54) is 6.07 Å². The van der Waals surface area contributed by atoms with Crippen LogP contribution in [-0.2, 0) is 11.0 Å². The number of hydrogen-bond donors (Lipinski definition) is 2. The lowest BCUT2D eigenvalue weighted by molar-refractivity contribution is -0.139. The van der Waals surface area contributed by atoms with Crippen molar-refractivity contribution in [1.29, 1.82) is 0 Å². The number of carboxylic acids is 1. The molecular formula is C13H13BrF3NO3. The number of amides is 1. The van der Waals surface area contributed by atoms with E-state index in [0.717, 1.165) is 12.1 Å². The van der Waals surface area contributed by atoms with Crippen molar-refractivity contribution in [2.45, 2.75) is 32.0 Å². The minimum absolute atomic E-state index is 0.138. The molecule has 0 radical (unpaired) electrons. The van der Waals surface area contributed by atoms with Gasteiger partial charge in [0.25, 0.3) is 5.91 Å². The molecule has 4 nitrogen and oxygen atoms in total. The minimum atomic E-state index is -4.71. The molecular weight excluding hydrogens is 355 g/mol. The molecule has 0 bridgehead atoms. The first kappa shape index (κ1) is 17.5. The molecule has 1 aromatic carbocycles. The van der Waals surface area contributed by atoms with Crippen LogP contribution in [0.15, 0.2) is 22.7 Å². The van der Waals surface area contributed by atoms with Crippen LogP contribution in [-0.4, -0.2) is 23.0 Å². The molecule has 1 rings (SSSR count). The van der Waals surface area contributed by atoms with Crippen LogP contribution < -0.4 is 5.32 Å². The first-order valence-electron chi connectivity index (χ1n) is 6.07. The Labute approximate surface area is 127 Å². The molecule has 0 spiro atoms. The second-order valence-corrected chi connectivity index (χ2v) is 5.26. The highest BCUT2D eigenvalue weighted by atomic mass is 79.9. The number of benzene rings is 1. The molecule has 21 heavy (non-hydrogen) atoms. The van der Waals surface area contributed by atoms with Crippen LogP contribution in [0, 0.1) is 0 Å². The van der Waals surface area contributed by atoms with E-state index < -0.39 is 35.2 Å². The van der Waals surface area contributed by atoms with Crippen molar-refractivity contribution in [1.82, 2.24) is 5.32 Å². The lowest BCUT2D eigenvalue weighted by atomic mass is 10.1. The van der Waals surface area contributed by atoms with Gasteiger partial charge in [0.05, 0.1) is 11.1 Å². The van der Waals surface area contributed by atoms with Crippen molar-refractivity contribution >= 4 is 27.8 Å². The van der Waals surface area contributed by atoms with Gasteiger partial charge in [0.2, 0.25) is 0 Å². The fourth-order valence-electron chi connectivity index (χ4n) is 1.73. The fourth-order valence-corrected chi connectivity index (χ4v) is 2.09. The first-order valence-corrected chi connectivity index (χ1v) is 6.86. The van der Waals surface area contributed by atoms with E-state index in [9.17, 15) is 22.8 Å². The van der Waals surface area contributed by atoms with Gasteiger partial charge in [-0.05, 0) is 24.6 Å². The second kappa shape index (κ2) is 6.93. The molecule has 0 aliphatic rings. The summed E-state index contributed by atoms with van der Waals surface area (Å²) in [5.74, 6) is -2.34. The van der Waals surface area contributed by atoms with Crippen molar-refractivity contribution in [3.63, 3.8) is 0 Å². The summed E-state index contributed by atoms with van der Waals surface area (Å²) >= 11 is 2.91. The fraction of sp³-hybridized carbons (Fsp3) is 0.385. The normalized spacial score (nSPS) is 12.8. The van der Waals surface area contributed by atoms with E-state index in [4.69, 9.17) is 5.11 Å². The zero-order valence-corrected chi connectivity index (χ0v) is 12.6. The quantitative estimate of drug-likeness (QED) is 0.837. The highest BCUT2D eigenvalue weighted by Crippen LogP contribution is 2.33. The highest BCUT2D eigenvalue weighted by molar-refractivity contribution is 9.10. The van der Waals surface area contributed by atoms with E-state index in [2.05, 4.69) is 21.2 Å². The summed E-state index contributed by atoms with van der Waals surface area (Å²) in [7, 11) is 0. The van der Waals surface area contributed by atoms with Gasteiger partial charge in [-0.2, -0.15) is 13.2 Å². The molecule has 1 unspecified atom stereocenters. The van der Waals surface area contributed by atoms with Crippen molar-refractivity contribution < 1.29 is 27.9 Å². The summed E-state index contributed by atoms with van der Waals surface area (Å²) < 4.78 is 38.9. The van der Waals surface area contributed by atoms with Crippen LogP contribution in [0.5, 0.6) is 0 Å². The Morgan fingerprint density at radius 2 is 2.00 bits per heavy atom. The Morgan fingerprint density at radius 1 is 1.38 bits per heavy atom. The number of aliphatic carboxylic acids is 1. The topological polar surface area (TPSA) is 66.4 Å². The number of rotatable bonds is 5. The molecule has 1 atom stereocenters. The maximum absolute atomic E-state index is 12.9. The lowest BCUT2D eigenvalue weighted by Crippen LogP contribution is -2.41. The second-order valence-electron chi connectivity index (χ2n) is 4.34. The van der Waals surface area contributed by atoms with Crippen LogP contribution in [0.1, 0.15) is 35.7 Å². The summed E-state index contributed by atoms with van der Waals surface area (Å²) in [5.41, 5.74) is -1.72. The zero-order chi connectivity index (χ0) is 16.2. The Kier molecular flexibility index (Phi) is 5.77. The van der Waals surface area contributed by atoms with E-state index in [1.807, 2.05) is 0 Å². The summed E-state index contributed by atoms with van der Waals surface area (Å²) in [5, 5.41) is 11.0. The van der Waals surface area contributed by atoms with Gasteiger partial charge in [0.15, 0.2) is 0 Å². The molecule has 0 aromatic heterocycles. The molecule has 8 heteroatoms. The standard InChI is InChI=1S/C13H13BrF3NO3/c1-2-3-10(12(20)21)18-11(19)8-5-4-7(14)6-9(8)13(15,16)17/h4-6,10H,2-3H2,1H3,(H,18,19)(H,20,21). The SMILES string of the molecule is CCCC(NC(=O)c1ccc(Br)cc1C(F)(F)F)C(=O)O. The average Bonchev–Trinajstić information content (AvgIpc) is 2.36. The van der Waals surface area contributed by atoms with Crippen LogP contribution in [0.2, 0.25) is 0 Å². The van der Waals surface area contributed by atoms with Gasteiger partial charge in [-0.15, -0.1) is 0 Å². The van der Waals surface area contributed by atoms with Gasteiger partial charge in [-0.1, -0.05) is 29.3 Å². The average molecular weight is 368 g/mol. The number of carbonyl (C=O) groups is 2. The van der Waals surface area contributed by atoms with Gasteiger partial charge < -0.3 is 10.4 Å². The summed E-state index contributed by atoms with van der Waals surface area (Å²) in [6.45, 7) is 1.71. The number of hydrogen-bond acceptors (Lipinski definition) is 2. The van der Waals surface area contributed by atoms with Crippen LogP contribution in [0.3, 0.4) is 0 Å². The number of alkyl halides is 3. The molecule has 2 N–H and O–H groups in total. The molecule has 0 fully saturated rings. The largest absolute Gasteiger partial charge is 0.480 e. The van der Waals surface area contributed by atoms with Crippen molar-refractivity contribution in [2.75, 3.05) is 0 Å². The van der Waals surface area contributed by atoms with Crippen molar-refractivity contribution in [3.8, 4) is 0 Å². The third kappa shape index (κ3) is 4.73. The van der Waals surface area contributed by atoms with E-state index in [0.29, 0.717) is 6.42 Å². The third-order valence-electron chi connectivity index (χ3n) is 2.71. The molecule has 0 saturated carbocycles. The molecule has 1 aromatic rings. The van der Waals surface area contributed by atoms with Crippen LogP contribution in [0.25, 0.3) is 0 Å². The van der Waals surface area contributed by atoms with Crippen molar-refractivity contribution in [3.05, 3.63) is 33.8 Å². The lowest BCUT2D eigenvalue weighted by Gasteiger charge is -2.17. The molecule has 0 saturated heterocycles. The molecule has 0 heterocycles. The van der Waals surface area contributed by atoms with Crippen LogP contribution >= 0.6 is 15.9 Å². The predicted molar refractivity (Wildman–Crippen MR) is 72.9 cm³/mol. The predicted octanol–water partition coefficient (Wildman–Crippen LogP) is 3.45. The van der Waals surface area contributed by atoms with Gasteiger partial charge in [0.1, 0.15) is 6.04 Å². The van der Waals surface area contributed by atoms with E-state index in [1.54, 1.807) is 6.92 Å². The Hall–Kier alpha value is -1.57. The van der Waals surface area contributed by atoms with E-state index in [-0.39, 0.29) is 10.9 Å². The van der Waals surface area contributed by atoms with Gasteiger partial charge >= 0.3 is 12.1 Å². The monoisotopic (exact) mass is 367 g/mol. The Bertz CT molecular complexity index is 546. The van der Waals surface area contributed by atoms with Crippen LogP contribution in [0.4, 0.5) is 13.2 Å². The molecule has 0 aliphatic carbocycles.